The quantitative estimate of drug-likeness (QED) is 0.754. The zero-order valence-electron chi connectivity index (χ0n) is 17.2. The summed E-state index contributed by atoms with van der Waals surface area (Å²) in [6, 6.07) is 5.55. The molecule has 2 atom stereocenters. The number of aryl methyl sites for hydroxylation is 2. The van der Waals surface area contributed by atoms with Gasteiger partial charge in [-0.3, -0.25) is 9.59 Å². The highest BCUT2D eigenvalue weighted by atomic mass is 35.5. The van der Waals surface area contributed by atoms with Gasteiger partial charge in [-0.05, 0) is 50.5 Å². The Morgan fingerprint density at radius 2 is 2.00 bits per heavy atom. The monoisotopic (exact) mass is 418 g/mol. The van der Waals surface area contributed by atoms with Gasteiger partial charge in [-0.25, -0.2) is 0 Å². The van der Waals surface area contributed by atoms with Gasteiger partial charge in [0.05, 0.1) is 17.1 Å². The Morgan fingerprint density at radius 1 is 1.28 bits per heavy atom. The molecule has 7 heteroatoms. The van der Waals surface area contributed by atoms with Crippen LogP contribution < -0.4 is 10.3 Å². The SMILES string of the molecule is Cc1cc(C)c(CN2CCc3ccc(OC(C)C(C)CO)c(Cl)c3C2=O)c(=O)[nH]1. The Morgan fingerprint density at radius 3 is 2.66 bits per heavy atom. The Bertz CT molecular complexity index is 986. The molecule has 156 valence electrons. The lowest BCUT2D eigenvalue weighted by Gasteiger charge is -2.30. The van der Waals surface area contributed by atoms with Gasteiger partial charge in [0, 0.05) is 30.3 Å². The van der Waals surface area contributed by atoms with Crippen molar-refractivity contribution in [1.29, 1.82) is 0 Å². The minimum atomic E-state index is -0.251. The first-order valence-corrected chi connectivity index (χ1v) is 10.2. The maximum atomic E-state index is 13.2. The van der Waals surface area contributed by atoms with Crippen molar-refractivity contribution < 1.29 is 14.6 Å². The molecule has 1 amide bonds. The number of nitrogens with zero attached hydrogens (tertiary/aromatic N) is 1. The number of H-pyrrole nitrogens is 1. The third kappa shape index (κ3) is 4.33. The number of aromatic amines is 1. The molecule has 0 aliphatic carbocycles. The predicted molar refractivity (Wildman–Crippen MR) is 113 cm³/mol. The van der Waals surface area contributed by atoms with E-state index in [1.165, 1.54) is 0 Å². The van der Waals surface area contributed by atoms with Crippen LogP contribution in [0.3, 0.4) is 0 Å². The fraction of sp³-hybridized carbons (Fsp3) is 0.455. The number of rotatable bonds is 6. The minimum Gasteiger partial charge on any atom is -0.489 e. The summed E-state index contributed by atoms with van der Waals surface area (Å²) in [7, 11) is 0. The number of aliphatic hydroxyl groups excluding tert-OH is 1. The highest BCUT2D eigenvalue weighted by Gasteiger charge is 2.30. The number of hydrogen-bond donors (Lipinski definition) is 2. The largest absolute Gasteiger partial charge is 0.489 e. The number of aliphatic hydroxyl groups is 1. The van der Waals surface area contributed by atoms with Crippen molar-refractivity contribution in [2.75, 3.05) is 13.2 Å². The third-order valence-electron chi connectivity index (χ3n) is 5.59. The first-order valence-electron chi connectivity index (χ1n) is 9.80. The molecule has 29 heavy (non-hydrogen) atoms. The predicted octanol–water partition coefficient (Wildman–Crippen LogP) is 3.24. The zero-order valence-corrected chi connectivity index (χ0v) is 18.0. The molecule has 6 nitrogen and oxygen atoms in total. The number of ether oxygens (including phenoxy) is 1. The molecule has 2 heterocycles. The van der Waals surface area contributed by atoms with Gasteiger partial charge in [-0.1, -0.05) is 24.6 Å². The molecule has 1 aliphatic rings. The fourth-order valence-electron chi connectivity index (χ4n) is 3.53. The maximum Gasteiger partial charge on any atom is 0.256 e. The number of carbonyl (C=O) groups excluding carboxylic acids is 1. The van der Waals surface area contributed by atoms with Gasteiger partial charge in [0.15, 0.2) is 0 Å². The second-order valence-corrected chi connectivity index (χ2v) is 8.19. The number of aromatic nitrogens is 1. The Labute approximate surface area is 175 Å². The summed E-state index contributed by atoms with van der Waals surface area (Å²) in [5, 5.41) is 9.60. The summed E-state index contributed by atoms with van der Waals surface area (Å²) < 4.78 is 5.90. The lowest BCUT2D eigenvalue weighted by atomic mass is 9.97. The van der Waals surface area contributed by atoms with Crippen molar-refractivity contribution in [3.63, 3.8) is 0 Å². The number of hydrogen-bond acceptors (Lipinski definition) is 4. The molecule has 0 saturated heterocycles. The molecule has 0 saturated carbocycles. The van der Waals surface area contributed by atoms with E-state index in [1.54, 1.807) is 11.0 Å². The lowest BCUT2D eigenvalue weighted by molar-refractivity contribution is 0.0723. The molecule has 0 bridgehead atoms. The number of amides is 1. The molecular formula is C22H27ClN2O4. The van der Waals surface area contributed by atoms with E-state index in [0.717, 1.165) is 16.8 Å². The van der Waals surface area contributed by atoms with E-state index in [4.69, 9.17) is 16.3 Å². The van der Waals surface area contributed by atoms with Gasteiger partial charge in [-0.15, -0.1) is 0 Å². The van der Waals surface area contributed by atoms with E-state index < -0.39 is 0 Å². The molecule has 2 N–H and O–H groups in total. The maximum absolute atomic E-state index is 13.2. The smallest absolute Gasteiger partial charge is 0.256 e. The number of benzene rings is 1. The number of nitrogens with one attached hydrogen (secondary N) is 1. The van der Waals surface area contributed by atoms with Crippen LogP contribution in [0.25, 0.3) is 0 Å². The second kappa shape index (κ2) is 8.59. The highest BCUT2D eigenvalue weighted by Crippen LogP contribution is 2.35. The number of carbonyl (C=O) groups is 1. The Hall–Kier alpha value is -2.31. The summed E-state index contributed by atoms with van der Waals surface area (Å²) in [6.45, 7) is 8.21. The van der Waals surface area contributed by atoms with E-state index in [0.29, 0.717) is 29.8 Å². The average Bonchev–Trinajstić information content (AvgIpc) is 2.67. The molecule has 3 rings (SSSR count). The molecular weight excluding hydrogens is 392 g/mol. The van der Waals surface area contributed by atoms with E-state index in [1.807, 2.05) is 39.8 Å². The van der Waals surface area contributed by atoms with Crippen LogP contribution in [0.15, 0.2) is 23.0 Å². The summed E-state index contributed by atoms with van der Waals surface area (Å²) in [6.07, 6.45) is 0.408. The number of fused-ring (bicyclic) bond motifs is 1. The molecule has 1 aromatic heterocycles. The summed E-state index contributed by atoms with van der Waals surface area (Å²) >= 11 is 6.56. The summed E-state index contributed by atoms with van der Waals surface area (Å²) in [4.78, 5) is 30.0. The van der Waals surface area contributed by atoms with Crippen LogP contribution in [0.1, 0.15) is 46.6 Å². The van der Waals surface area contributed by atoms with Crippen LogP contribution in [0.5, 0.6) is 5.75 Å². The van der Waals surface area contributed by atoms with Crippen LogP contribution in [0.2, 0.25) is 5.02 Å². The minimum absolute atomic E-state index is 0.000875. The van der Waals surface area contributed by atoms with Crippen LogP contribution in [-0.4, -0.2) is 40.2 Å². The summed E-state index contributed by atoms with van der Waals surface area (Å²) in [5.41, 5.74) is 3.38. The fourth-order valence-corrected chi connectivity index (χ4v) is 3.84. The van der Waals surface area contributed by atoms with E-state index in [-0.39, 0.29) is 41.7 Å². The zero-order chi connectivity index (χ0) is 21.3. The Kier molecular flexibility index (Phi) is 6.34. The first-order chi connectivity index (χ1) is 13.7. The van der Waals surface area contributed by atoms with Crippen molar-refractivity contribution in [2.45, 2.75) is 46.8 Å². The second-order valence-electron chi connectivity index (χ2n) is 7.81. The van der Waals surface area contributed by atoms with Gasteiger partial charge in [0.25, 0.3) is 11.5 Å². The standard InChI is InChI=1S/C22H27ClN2O4/c1-12-9-14(3)24-21(27)17(12)10-25-8-7-16-5-6-18(20(23)19(16)22(25)28)29-15(4)13(2)11-26/h5-6,9,13,15,26H,7-8,10-11H2,1-4H3,(H,24,27). The molecule has 0 fully saturated rings. The van der Waals surface area contributed by atoms with Crippen LogP contribution in [0.4, 0.5) is 0 Å². The highest BCUT2D eigenvalue weighted by molar-refractivity contribution is 6.35. The van der Waals surface area contributed by atoms with E-state index in [2.05, 4.69) is 4.98 Å². The molecule has 0 radical (unpaired) electrons. The number of halogens is 1. The molecule has 1 aromatic carbocycles. The molecule has 2 unspecified atom stereocenters. The molecule has 2 aromatic rings. The van der Waals surface area contributed by atoms with Gasteiger partial charge in [0.2, 0.25) is 0 Å². The summed E-state index contributed by atoms with van der Waals surface area (Å²) in [5.74, 6) is 0.159. The van der Waals surface area contributed by atoms with Gasteiger partial charge >= 0.3 is 0 Å². The van der Waals surface area contributed by atoms with Crippen LogP contribution in [0, 0.1) is 19.8 Å². The van der Waals surface area contributed by atoms with Crippen LogP contribution in [-0.2, 0) is 13.0 Å². The van der Waals surface area contributed by atoms with Crippen molar-refractivity contribution in [3.05, 3.63) is 61.5 Å². The van der Waals surface area contributed by atoms with Crippen molar-refractivity contribution in [1.82, 2.24) is 9.88 Å². The van der Waals surface area contributed by atoms with Crippen molar-refractivity contribution in [2.24, 2.45) is 5.92 Å². The van der Waals surface area contributed by atoms with Gasteiger partial charge in [0.1, 0.15) is 11.9 Å². The third-order valence-corrected chi connectivity index (χ3v) is 5.97. The van der Waals surface area contributed by atoms with Crippen LogP contribution >= 0.6 is 11.6 Å². The average molecular weight is 419 g/mol. The lowest BCUT2D eigenvalue weighted by Crippen LogP contribution is -2.39. The number of pyridine rings is 1. The molecule has 0 spiro atoms. The van der Waals surface area contributed by atoms with E-state index >= 15 is 0 Å². The van der Waals surface area contributed by atoms with Crippen molar-refractivity contribution in [3.8, 4) is 5.75 Å². The molecule has 1 aliphatic heterocycles. The van der Waals surface area contributed by atoms with Gasteiger partial charge in [-0.2, -0.15) is 0 Å². The normalized spacial score (nSPS) is 15.8. The van der Waals surface area contributed by atoms with Gasteiger partial charge < -0.3 is 19.7 Å². The van der Waals surface area contributed by atoms with Crippen molar-refractivity contribution >= 4 is 17.5 Å². The van der Waals surface area contributed by atoms with E-state index in [9.17, 15) is 14.7 Å². The first kappa shape index (κ1) is 21.4. The Balaban J connectivity index is 1.89. The topological polar surface area (TPSA) is 82.6 Å².